The van der Waals surface area contributed by atoms with Crippen molar-refractivity contribution in [1.29, 1.82) is 5.26 Å². The van der Waals surface area contributed by atoms with Gasteiger partial charge in [-0.1, -0.05) is 25.5 Å². The van der Waals surface area contributed by atoms with E-state index in [1.807, 2.05) is 18.2 Å². The fourth-order valence-electron chi connectivity index (χ4n) is 2.25. The first-order valence-corrected chi connectivity index (χ1v) is 8.44. The van der Waals surface area contributed by atoms with Gasteiger partial charge in [0.05, 0.1) is 17.2 Å². The summed E-state index contributed by atoms with van der Waals surface area (Å²) in [5.74, 6) is -1.00. The molecule has 6 nitrogen and oxygen atoms in total. The zero-order chi connectivity index (χ0) is 18.8. The monoisotopic (exact) mass is 351 g/mol. The quantitative estimate of drug-likeness (QED) is 0.560. The summed E-state index contributed by atoms with van der Waals surface area (Å²) >= 11 is 0. The number of hydrogen-bond acceptors (Lipinski definition) is 5. The standard InChI is InChI=1S/C20H21N3O3/c1-2-3-12-22-18-7-5-4-6-17(18)20(25)26-14-19(24)23-16-10-8-15(13-21)9-11-16/h4-11,22H,2-3,12,14H2,1H3,(H,23,24). The third-order valence-corrected chi connectivity index (χ3v) is 3.62. The average molecular weight is 351 g/mol. The molecule has 0 unspecified atom stereocenters. The van der Waals surface area contributed by atoms with E-state index < -0.39 is 11.9 Å². The van der Waals surface area contributed by atoms with Crippen molar-refractivity contribution in [2.75, 3.05) is 23.8 Å². The van der Waals surface area contributed by atoms with Crippen LogP contribution < -0.4 is 10.6 Å². The van der Waals surface area contributed by atoms with Crippen LogP contribution in [0, 0.1) is 11.3 Å². The van der Waals surface area contributed by atoms with Gasteiger partial charge >= 0.3 is 5.97 Å². The lowest BCUT2D eigenvalue weighted by Crippen LogP contribution is -2.21. The van der Waals surface area contributed by atoms with Gasteiger partial charge in [-0.15, -0.1) is 0 Å². The average Bonchev–Trinajstić information content (AvgIpc) is 2.67. The van der Waals surface area contributed by atoms with Crippen LogP contribution in [0.3, 0.4) is 0 Å². The van der Waals surface area contributed by atoms with E-state index >= 15 is 0 Å². The van der Waals surface area contributed by atoms with Crippen LogP contribution in [-0.4, -0.2) is 25.0 Å². The molecule has 0 heterocycles. The maximum absolute atomic E-state index is 12.3. The normalized spacial score (nSPS) is 9.85. The van der Waals surface area contributed by atoms with Crippen LogP contribution in [0.25, 0.3) is 0 Å². The predicted molar refractivity (Wildman–Crippen MR) is 99.9 cm³/mol. The number of anilines is 2. The Morgan fingerprint density at radius 2 is 1.85 bits per heavy atom. The van der Waals surface area contributed by atoms with Crippen LogP contribution in [0.15, 0.2) is 48.5 Å². The van der Waals surface area contributed by atoms with Gasteiger partial charge in [-0.05, 0) is 42.8 Å². The van der Waals surface area contributed by atoms with E-state index in [1.165, 1.54) is 0 Å². The number of carbonyl (C=O) groups excluding carboxylic acids is 2. The molecule has 0 radical (unpaired) electrons. The van der Waals surface area contributed by atoms with Gasteiger partial charge in [0.1, 0.15) is 0 Å². The molecule has 0 bridgehead atoms. The van der Waals surface area contributed by atoms with E-state index in [4.69, 9.17) is 10.00 Å². The Bertz CT molecular complexity index is 795. The molecule has 0 atom stereocenters. The summed E-state index contributed by atoms with van der Waals surface area (Å²) in [5, 5.41) is 14.6. The van der Waals surface area contributed by atoms with Crippen molar-refractivity contribution < 1.29 is 14.3 Å². The predicted octanol–water partition coefficient (Wildman–Crippen LogP) is 3.57. The van der Waals surface area contributed by atoms with E-state index in [9.17, 15) is 9.59 Å². The van der Waals surface area contributed by atoms with E-state index in [0.717, 1.165) is 19.4 Å². The van der Waals surface area contributed by atoms with Crippen LogP contribution in [0.5, 0.6) is 0 Å². The Hall–Kier alpha value is -3.33. The van der Waals surface area contributed by atoms with Crippen LogP contribution >= 0.6 is 0 Å². The van der Waals surface area contributed by atoms with Crippen molar-refractivity contribution in [3.8, 4) is 6.07 Å². The number of amides is 1. The lowest BCUT2D eigenvalue weighted by Gasteiger charge is -2.11. The van der Waals surface area contributed by atoms with Crippen molar-refractivity contribution in [2.45, 2.75) is 19.8 Å². The minimum absolute atomic E-state index is 0.387. The summed E-state index contributed by atoms with van der Waals surface area (Å²) in [4.78, 5) is 24.2. The fraction of sp³-hybridized carbons (Fsp3) is 0.250. The summed E-state index contributed by atoms with van der Waals surface area (Å²) in [6, 6.07) is 15.5. The molecule has 1 amide bonds. The molecule has 2 aromatic carbocycles. The molecule has 0 fully saturated rings. The van der Waals surface area contributed by atoms with Gasteiger partial charge in [-0.3, -0.25) is 4.79 Å². The fourth-order valence-corrected chi connectivity index (χ4v) is 2.25. The van der Waals surface area contributed by atoms with E-state index in [0.29, 0.717) is 22.5 Å². The molecule has 2 aromatic rings. The molecular weight excluding hydrogens is 330 g/mol. The van der Waals surface area contributed by atoms with Crippen molar-refractivity contribution in [3.63, 3.8) is 0 Å². The minimum Gasteiger partial charge on any atom is -0.452 e. The number of carbonyl (C=O) groups is 2. The molecule has 0 saturated carbocycles. The van der Waals surface area contributed by atoms with Crippen molar-refractivity contribution in [3.05, 3.63) is 59.7 Å². The number of rotatable bonds is 8. The lowest BCUT2D eigenvalue weighted by atomic mass is 10.1. The summed E-state index contributed by atoms with van der Waals surface area (Å²) in [6.07, 6.45) is 2.05. The Labute approximate surface area is 152 Å². The highest BCUT2D eigenvalue weighted by Crippen LogP contribution is 2.16. The van der Waals surface area contributed by atoms with Gasteiger partial charge in [0.25, 0.3) is 5.91 Å². The number of benzene rings is 2. The molecule has 134 valence electrons. The smallest absolute Gasteiger partial charge is 0.340 e. The molecule has 0 spiro atoms. The summed E-state index contributed by atoms with van der Waals surface area (Å²) < 4.78 is 5.11. The minimum atomic E-state index is -0.556. The van der Waals surface area contributed by atoms with E-state index in [2.05, 4.69) is 17.6 Å². The first-order valence-electron chi connectivity index (χ1n) is 8.44. The Balaban J connectivity index is 1.89. The lowest BCUT2D eigenvalue weighted by molar-refractivity contribution is -0.119. The Kier molecular flexibility index (Phi) is 7.19. The highest BCUT2D eigenvalue weighted by atomic mass is 16.5. The van der Waals surface area contributed by atoms with Gasteiger partial charge in [0, 0.05) is 17.9 Å². The first kappa shape index (κ1) is 19.0. The summed E-state index contributed by atoms with van der Waals surface area (Å²) in [7, 11) is 0. The number of nitrogens with one attached hydrogen (secondary N) is 2. The second kappa shape index (κ2) is 9.84. The molecule has 2 N–H and O–H groups in total. The Morgan fingerprint density at radius 3 is 2.54 bits per heavy atom. The molecule has 0 aliphatic carbocycles. The van der Waals surface area contributed by atoms with Crippen LogP contribution in [0.4, 0.5) is 11.4 Å². The van der Waals surface area contributed by atoms with E-state index in [1.54, 1.807) is 36.4 Å². The van der Waals surface area contributed by atoms with Crippen LogP contribution in [-0.2, 0) is 9.53 Å². The number of hydrogen-bond donors (Lipinski definition) is 2. The second-order valence-electron chi connectivity index (χ2n) is 5.64. The van der Waals surface area contributed by atoms with E-state index in [-0.39, 0.29) is 6.61 Å². The number of para-hydroxylation sites is 1. The molecule has 0 aliphatic heterocycles. The van der Waals surface area contributed by atoms with Gasteiger partial charge in [-0.25, -0.2) is 4.79 Å². The summed E-state index contributed by atoms with van der Waals surface area (Å²) in [5.41, 5.74) is 2.13. The molecular formula is C20H21N3O3. The molecule has 2 rings (SSSR count). The largest absolute Gasteiger partial charge is 0.452 e. The number of nitrogens with zero attached hydrogens (tertiary/aromatic N) is 1. The molecule has 0 saturated heterocycles. The third kappa shape index (κ3) is 5.64. The molecule has 6 heteroatoms. The van der Waals surface area contributed by atoms with Gasteiger partial charge < -0.3 is 15.4 Å². The SMILES string of the molecule is CCCCNc1ccccc1C(=O)OCC(=O)Nc1ccc(C#N)cc1. The number of esters is 1. The van der Waals surface area contributed by atoms with Gasteiger partial charge in [0.2, 0.25) is 0 Å². The topological polar surface area (TPSA) is 91.2 Å². The van der Waals surface area contributed by atoms with Crippen LogP contribution in [0.1, 0.15) is 35.7 Å². The summed E-state index contributed by atoms with van der Waals surface area (Å²) in [6.45, 7) is 2.47. The maximum atomic E-state index is 12.3. The van der Waals surface area contributed by atoms with Crippen LogP contribution in [0.2, 0.25) is 0 Å². The van der Waals surface area contributed by atoms with Crippen molar-refractivity contribution >= 4 is 23.3 Å². The Morgan fingerprint density at radius 1 is 1.12 bits per heavy atom. The van der Waals surface area contributed by atoms with Crippen molar-refractivity contribution in [2.24, 2.45) is 0 Å². The van der Waals surface area contributed by atoms with Crippen molar-refractivity contribution in [1.82, 2.24) is 0 Å². The third-order valence-electron chi connectivity index (χ3n) is 3.62. The zero-order valence-electron chi connectivity index (χ0n) is 14.6. The zero-order valence-corrected chi connectivity index (χ0v) is 14.6. The van der Waals surface area contributed by atoms with Gasteiger partial charge in [0.15, 0.2) is 6.61 Å². The maximum Gasteiger partial charge on any atom is 0.340 e. The second-order valence-corrected chi connectivity index (χ2v) is 5.64. The first-order chi connectivity index (χ1) is 12.6. The highest BCUT2D eigenvalue weighted by molar-refractivity contribution is 5.98. The number of unbranched alkanes of at least 4 members (excludes halogenated alkanes) is 1. The number of nitriles is 1. The molecule has 26 heavy (non-hydrogen) atoms. The molecule has 0 aromatic heterocycles. The highest BCUT2D eigenvalue weighted by Gasteiger charge is 2.14. The number of ether oxygens (including phenoxy) is 1. The molecule has 0 aliphatic rings. The van der Waals surface area contributed by atoms with Gasteiger partial charge in [-0.2, -0.15) is 5.26 Å².